The van der Waals surface area contributed by atoms with Gasteiger partial charge >= 0.3 is 0 Å². The molecule has 3 heteroatoms. The summed E-state index contributed by atoms with van der Waals surface area (Å²) >= 11 is 0. The van der Waals surface area contributed by atoms with Gasteiger partial charge in [-0.2, -0.15) is 0 Å². The number of amides is 1. The summed E-state index contributed by atoms with van der Waals surface area (Å²) in [7, 11) is 4.09. The van der Waals surface area contributed by atoms with E-state index in [1.807, 2.05) is 38.4 Å². The van der Waals surface area contributed by atoms with E-state index in [-0.39, 0.29) is 17.7 Å². The van der Waals surface area contributed by atoms with Crippen molar-refractivity contribution < 1.29 is 4.79 Å². The van der Waals surface area contributed by atoms with Crippen molar-refractivity contribution in [3.8, 4) is 0 Å². The second-order valence-corrected chi connectivity index (χ2v) is 6.02. The molecule has 2 unspecified atom stereocenters. The predicted octanol–water partition coefficient (Wildman–Crippen LogP) is 3.00. The Bertz CT molecular complexity index is 616. The van der Waals surface area contributed by atoms with Crippen LogP contribution in [0.1, 0.15) is 24.8 Å². The maximum Gasteiger partial charge on any atom is 0.225 e. The number of hydrogen-bond donors (Lipinski definition) is 1. The number of benzene rings is 2. The molecule has 0 aliphatic rings. The number of primary amides is 1. The predicted molar refractivity (Wildman–Crippen MR) is 88.2 cm³/mol. The van der Waals surface area contributed by atoms with Crippen LogP contribution in [-0.2, 0) is 4.79 Å². The first kappa shape index (κ1) is 15.5. The van der Waals surface area contributed by atoms with E-state index in [9.17, 15) is 4.79 Å². The Kier molecular flexibility index (Phi) is 4.97. The van der Waals surface area contributed by atoms with Crippen molar-refractivity contribution in [2.45, 2.75) is 19.3 Å². The topological polar surface area (TPSA) is 46.3 Å². The Morgan fingerprint density at radius 1 is 1.14 bits per heavy atom. The number of nitrogens with two attached hydrogens (primary N) is 1. The molecule has 1 amide bonds. The van der Waals surface area contributed by atoms with Gasteiger partial charge in [0.1, 0.15) is 0 Å². The lowest BCUT2D eigenvalue weighted by molar-refractivity contribution is -0.120. The molecule has 0 saturated carbocycles. The highest BCUT2D eigenvalue weighted by Gasteiger charge is 2.26. The molecule has 0 saturated heterocycles. The fourth-order valence-corrected chi connectivity index (χ4v) is 2.89. The average Bonchev–Trinajstić information content (AvgIpc) is 2.45. The van der Waals surface area contributed by atoms with Crippen LogP contribution in [0.2, 0.25) is 0 Å². The van der Waals surface area contributed by atoms with Gasteiger partial charge in [-0.1, -0.05) is 49.4 Å². The van der Waals surface area contributed by atoms with Crippen molar-refractivity contribution in [2.75, 3.05) is 20.6 Å². The second kappa shape index (κ2) is 6.72. The Hall–Kier alpha value is -1.87. The molecule has 2 atom stereocenters. The lowest BCUT2D eigenvalue weighted by atomic mass is 9.82. The van der Waals surface area contributed by atoms with Crippen LogP contribution in [-0.4, -0.2) is 31.4 Å². The van der Waals surface area contributed by atoms with Gasteiger partial charge in [0, 0.05) is 0 Å². The molecule has 2 aromatic rings. The van der Waals surface area contributed by atoms with Gasteiger partial charge in [-0.05, 0) is 49.3 Å². The Morgan fingerprint density at radius 2 is 1.81 bits per heavy atom. The summed E-state index contributed by atoms with van der Waals surface area (Å²) in [6.07, 6.45) is 0.948. The lowest BCUT2D eigenvalue weighted by Crippen LogP contribution is -2.29. The third-order valence-electron chi connectivity index (χ3n) is 4.07. The normalized spacial score (nSPS) is 14.3. The van der Waals surface area contributed by atoms with Crippen molar-refractivity contribution >= 4 is 16.7 Å². The summed E-state index contributed by atoms with van der Waals surface area (Å²) in [5, 5.41) is 2.28. The number of carbonyl (C=O) groups is 1. The van der Waals surface area contributed by atoms with Gasteiger partial charge in [0.15, 0.2) is 0 Å². The summed E-state index contributed by atoms with van der Waals surface area (Å²) in [5.74, 6) is -0.260. The highest BCUT2D eigenvalue weighted by molar-refractivity contribution is 5.92. The van der Waals surface area contributed by atoms with E-state index in [0.29, 0.717) is 0 Å². The minimum atomic E-state index is -0.240. The summed E-state index contributed by atoms with van der Waals surface area (Å²) in [5.41, 5.74) is 6.76. The maximum atomic E-state index is 12.0. The van der Waals surface area contributed by atoms with Crippen LogP contribution in [0.15, 0.2) is 42.5 Å². The van der Waals surface area contributed by atoms with Crippen molar-refractivity contribution in [1.29, 1.82) is 0 Å². The fourth-order valence-electron chi connectivity index (χ4n) is 2.89. The number of nitrogens with zero attached hydrogens (tertiary/aromatic N) is 1. The van der Waals surface area contributed by atoms with Crippen LogP contribution in [0, 0.1) is 5.92 Å². The third kappa shape index (κ3) is 3.61. The van der Waals surface area contributed by atoms with Gasteiger partial charge in [0.25, 0.3) is 0 Å². The van der Waals surface area contributed by atoms with E-state index in [2.05, 4.69) is 30.0 Å². The van der Waals surface area contributed by atoms with E-state index in [1.165, 1.54) is 0 Å². The summed E-state index contributed by atoms with van der Waals surface area (Å²) < 4.78 is 0. The van der Waals surface area contributed by atoms with Gasteiger partial charge in [-0.15, -0.1) is 0 Å². The molecule has 0 radical (unpaired) electrons. The van der Waals surface area contributed by atoms with E-state index in [1.54, 1.807) is 0 Å². The van der Waals surface area contributed by atoms with Crippen LogP contribution in [0.4, 0.5) is 0 Å². The zero-order chi connectivity index (χ0) is 15.4. The fraction of sp³-hybridized carbons (Fsp3) is 0.389. The van der Waals surface area contributed by atoms with Crippen LogP contribution in [0.25, 0.3) is 10.8 Å². The molecule has 0 aliphatic heterocycles. The molecule has 0 aliphatic carbocycles. The number of fused-ring (bicyclic) bond motifs is 1. The molecule has 3 nitrogen and oxygen atoms in total. The minimum absolute atomic E-state index is 0.218. The van der Waals surface area contributed by atoms with Gasteiger partial charge in [-0.25, -0.2) is 0 Å². The molecule has 21 heavy (non-hydrogen) atoms. The van der Waals surface area contributed by atoms with Gasteiger partial charge in [-0.3, -0.25) is 4.79 Å². The molecule has 0 heterocycles. The zero-order valence-corrected chi connectivity index (χ0v) is 13.0. The first-order valence-corrected chi connectivity index (χ1v) is 7.42. The SMILES string of the molecule is CC(CCN(C)C)C(C(N)=O)c1cccc2ccccc12. The monoisotopic (exact) mass is 284 g/mol. The van der Waals surface area contributed by atoms with Gasteiger partial charge in [0.05, 0.1) is 5.92 Å². The second-order valence-electron chi connectivity index (χ2n) is 6.02. The lowest BCUT2D eigenvalue weighted by Gasteiger charge is -2.24. The smallest absolute Gasteiger partial charge is 0.225 e. The minimum Gasteiger partial charge on any atom is -0.369 e. The first-order chi connectivity index (χ1) is 10.0. The van der Waals surface area contributed by atoms with E-state index in [4.69, 9.17) is 5.73 Å². The molecule has 0 spiro atoms. The zero-order valence-electron chi connectivity index (χ0n) is 13.0. The molecular formula is C18H24N2O. The molecule has 0 fully saturated rings. The molecular weight excluding hydrogens is 260 g/mol. The number of rotatable bonds is 6. The van der Waals surface area contributed by atoms with Crippen LogP contribution >= 0.6 is 0 Å². The third-order valence-corrected chi connectivity index (χ3v) is 4.07. The van der Waals surface area contributed by atoms with Crippen molar-refractivity contribution in [3.05, 3.63) is 48.0 Å². The number of carbonyl (C=O) groups excluding carboxylic acids is 1. The molecule has 2 N–H and O–H groups in total. The maximum absolute atomic E-state index is 12.0. The molecule has 0 aromatic heterocycles. The van der Waals surface area contributed by atoms with Gasteiger partial charge < -0.3 is 10.6 Å². The average molecular weight is 284 g/mol. The van der Waals surface area contributed by atoms with E-state index >= 15 is 0 Å². The largest absolute Gasteiger partial charge is 0.369 e. The van der Waals surface area contributed by atoms with E-state index < -0.39 is 0 Å². The van der Waals surface area contributed by atoms with Crippen LogP contribution in [0.3, 0.4) is 0 Å². The molecule has 2 rings (SSSR count). The van der Waals surface area contributed by atoms with Crippen LogP contribution < -0.4 is 5.73 Å². The standard InChI is InChI=1S/C18H24N2O/c1-13(11-12-20(2)3)17(18(19)21)16-10-6-8-14-7-4-5-9-15(14)16/h4-10,13,17H,11-12H2,1-3H3,(H2,19,21). The molecule has 2 aromatic carbocycles. The van der Waals surface area contributed by atoms with Crippen molar-refractivity contribution in [3.63, 3.8) is 0 Å². The van der Waals surface area contributed by atoms with Crippen molar-refractivity contribution in [1.82, 2.24) is 4.90 Å². The summed E-state index contributed by atoms with van der Waals surface area (Å²) in [6, 6.07) is 14.3. The first-order valence-electron chi connectivity index (χ1n) is 7.42. The Morgan fingerprint density at radius 3 is 2.48 bits per heavy atom. The highest BCUT2D eigenvalue weighted by Crippen LogP contribution is 2.32. The van der Waals surface area contributed by atoms with Gasteiger partial charge in [0.2, 0.25) is 5.91 Å². The molecule has 112 valence electrons. The molecule has 0 bridgehead atoms. The van der Waals surface area contributed by atoms with Crippen LogP contribution in [0.5, 0.6) is 0 Å². The number of hydrogen-bond acceptors (Lipinski definition) is 2. The Balaban J connectivity index is 2.39. The Labute approximate surface area is 126 Å². The van der Waals surface area contributed by atoms with E-state index in [0.717, 1.165) is 29.3 Å². The summed E-state index contributed by atoms with van der Waals surface area (Å²) in [6.45, 7) is 3.07. The van der Waals surface area contributed by atoms with Crippen molar-refractivity contribution in [2.24, 2.45) is 11.7 Å². The quantitative estimate of drug-likeness (QED) is 0.886. The highest BCUT2D eigenvalue weighted by atomic mass is 16.1. The summed E-state index contributed by atoms with van der Waals surface area (Å²) in [4.78, 5) is 14.2.